The van der Waals surface area contributed by atoms with Crippen molar-refractivity contribution in [2.45, 2.75) is 18.6 Å². The van der Waals surface area contributed by atoms with Crippen LogP contribution in [0.4, 0.5) is 10.1 Å². The molecule has 0 aliphatic carbocycles. The molecule has 0 unspecified atom stereocenters. The van der Waals surface area contributed by atoms with Crippen LogP contribution in [-0.2, 0) is 11.3 Å². The molecule has 1 heterocycles. The minimum Gasteiger partial charge on any atom is -0.497 e. The number of halogens is 2. The van der Waals surface area contributed by atoms with Gasteiger partial charge in [-0.15, -0.1) is 10.2 Å². The summed E-state index contributed by atoms with van der Waals surface area (Å²) in [5, 5.41) is 15.1. The van der Waals surface area contributed by atoms with E-state index in [2.05, 4.69) is 20.8 Å². The maximum Gasteiger partial charge on any atom is 0.251 e. The highest BCUT2D eigenvalue weighted by atomic mass is 35.5. The summed E-state index contributed by atoms with van der Waals surface area (Å²) in [5.41, 5.74) is 2.48. The molecule has 0 aliphatic heterocycles. The first-order chi connectivity index (χ1) is 17.9. The van der Waals surface area contributed by atoms with Gasteiger partial charge < -0.3 is 15.4 Å². The Balaban J connectivity index is 1.53. The fourth-order valence-electron chi connectivity index (χ4n) is 3.45. The molecule has 0 radical (unpaired) electrons. The summed E-state index contributed by atoms with van der Waals surface area (Å²) in [6, 6.07) is 17.7. The predicted molar refractivity (Wildman–Crippen MR) is 141 cm³/mol. The van der Waals surface area contributed by atoms with Crippen LogP contribution in [0.5, 0.6) is 5.75 Å². The van der Waals surface area contributed by atoms with Crippen LogP contribution in [0, 0.1) is 12.7 Å². The molecule has 8 nitrogen and oxygen atoms in total. The summed E-state index contributed by atoms with van der Waals surface area (Å²) in [6.07, 6.45) is 0. The second-order valence-electron chi connectivity index (χ2n) is 7.87. The standard InChI is InChI=1S/C26H23ClFN5O3S/c1-16-21(27)4-3-5-22(16)33-23(14-29-25(35)17-6-12-20(36-2)13-7-17)31-32-26(33)37-15-24(34)30-19-10-8-18(28)9-11-19/h3-13H,14-15H2,1-2H3,(H,29,35)(H,30,34). The van der Waals surface area contributed by atoms with E-state index >= 15 is 0 Å². The lowest BCUT2D eigenvalue weighted by Gasteiger charge is -2.14. The van der Waals surface area contributed by atoms with Gasteiger partial charge in [-0.2, -0.15) is 0 Å². The van der Waals surface area contributed by atoms with Gasteiger partial charge in [-0.1, -0.05) is 29.4 Å². The first-order valence-corrected chi connectivity index (χ1v) is 12.5. The van der Waals surface area contributed by atoms with Crippen LogP contribution in [-0.4, -0.2) is 39.4 Å². The average Bonchev–Trinajstić information content (AvgIpc) is 3.31. The topological polar surface area (TPSA) is 98.1 Å². The van der Waals surface area contributed by atoms with Crippen LogP contribution in [0.2, 0.25) is 5.02 Å². The van der Waals surface area contributed by atoms with E-state index in [1.165, 1.54) is 36.0 Å². The van der Waals surface area contributed by atoms with E-state index in [-0.39, 0.29) is 29.9 Å². The molecule has 2 amide bonds. The predicted octanol–water partition coefficient (Wildman–Crippen LogP) is 5.04. The molecule has 0 fully saturated rings. The third-order valence-corrected chi connectivity index (χ3v) is 6.74. The van der Waals surface area contributed by atoms with Crippen molar-refractivity contribution in [3.05, 3.63) is 94.5 Å². The van der Waals surface area contributed by atoms with E-state index in [0.29, 0.717) is 33.0 Å². The molecule has 0 spiro atoms. The molecule has 37 heavy (non-hydrogen) atoms. The van der Waals surface area contributed by atoms with Crippen molar-refractivity contribution in [1.29, 1.82) is 0 Å². The number of hydrogen-bond donors (Lipinski definition) is 2. The Bertz CT molecular complexity index is 1410. The maximum atomic E-state index is 13.1. The van der Waals surface area contributed by atoms with Crippen LogP contribution in [0.1, 0.15) is 21.7 Å². The number of methoxy groups -OCH3 is 1. The maximum absolute atomic E-state index is 13.1. The van der Waals surface area contributed by atoms with Crippen molar-refractivity contribution < 1.29 is 18.7 Å². The molecule has 4 aromatic rings. The van der Waals surface area contributed by atoms with Crippen LogP contribution < -0.4 is 15.4 Å². The van der Waals surface area contributed by atoms with Crippen LogP contribution in [0.15, 0.2) is 71.9 Å². The highest BCUT2D eigenvalue weighted by Gasteiger charge is 2.19. The summed E-state index contributed by atoms with van der Waals surface area (Å²) in [7, 11) is 1.56. The molecular formula is C26H23ClFN5O3S. The zero-order valence-electron chi connectivity index (χ0n) is 20.0. The van der Waals surface area contributed by atoms with Crippen molar-refractivity contribution >= 4 is 40.9 Å². The summed E-state index contributed by atoms with van der Waals surface area (Å²) in [5.74, 6) is 0.194. The van der Waals surface area contributed by atoms with Crippen LogP contribution in [0.25, 0.3) is 5.69 Å². The number of nitrogens with zero attached hydrogens (tertiary/aromatic N) is 3. The molecule has 190 valence electrons. The normalized spacial score (nSPS) is 10.7. The van der Waals surface area contributed by atoms with Crippen LogP contribution >= 0.6 is 23.4 Å². The highest BCUT2D eigenvalue weighted by molar-refractivity contribution is 7.99. The quantitative estimate of drug-likeness (QED) is 0.289. The fraction of sp³-hybridized carbons (Fsp3) is 0.154. The molecule has 3 aromatic carbocycles. The number of ether oxygens (including phenoxy) is 1. The third kappa shape index (κ3) is 6.46. The number of benzene rings is 3. The monoisotopic (exact) mass is 539 g/mol. The van der Waals surface area contributed by atoms with Gasteiger partial charge in [-0.3, -0.25) is 14.2 Å². The number of carbonyl (C=O) groups excluding carboxylic acids is 2. The molecule has 1 aromatic heterocycles. The van der Waals surface area contributed by atoms with Gasteiger partial charge in [-0.25, -0.2) is 4.39 Å². The third-order valence-electron chi connectivity index (χ3n) is 5.40. The smallest absolute Gasteiger partial charge is 0.251 e. The zero-order chi connectivity index (χ0) is 26.4. The molecule has 0 saturated heterocycles. The Hall–Kier alpha value is -3.89. The Morgan fingerprint density at radius 2 is 1.78 bits per heavy atom. The first-order valence-electron chi connectivity index (χ1n) is 11.2. The van der Waals surface area contributed by atoms with Gasteiger partial charge >= 0.3 is 0 Å². The van der Waals surface area contributed by atoms with Gasteiger partial charge in [0.25, 0.3) is 5.91 Å². The number of rotatable bonds is 9. The minimum atomic E-state index is -0.385. The number of nitrogens with one attached hydrogen (secondary N) is 2. The zero-order valence-corrected chi connectivity index (χ0v) is 21.6. The van der Waals surface area contributed by atoms with Crippen LogP contribution in [0.3, 0.4) is 0 Å². The fourth-order valence-corrected chi connectivity index (χ4v) is 4.39. The lowest BCUT2D eigenvalue weighted by molar-refractivity contribution is -0.113. The van der Waals surface area contributed by atoms with E-state index in [1.54, 1.807) is 48.1 Å². The molecule has 0 saturated carbocycles. The molecule has 4 rings (SSSR count). The van der Waals surface area contributed by atoms with Crippen molar-refractivity contribution in [1.82, 2.24) is 20.1 Å². The minimum absolute atomic E-state index is 0.0351. The average molecular weight is 540 g/mol. The Morgan fingerprint density at radius 1 is 1.05 bits per heavy atom. The summed E-state index contributed by atoms with van der Waals surface area (Å²) >= 11 is 7.54. The molecule has 0 bridgehead atoms. The van der Waals surface area contributed by atoms with Crippen molar-refractivity contribution in [3.63, 3.8) is 0 Å². The molecule has 2 N–H and O–H groups in total. The van der Waals surface area contributed by atoms with Crippen molar-refractivity contribution in [2.24, 2.45) is 0 Å². The number of thioether (sulfide) groups is 1. The molecule has 0 atom stereocenters. The van der Waals surface area contributed by atoms with Gasteiger partial charge in [0.2, 0.25) is 5.91 Å². The molecular weight excluding hydrogens is 517 g/mol. The van der Waals surface area contributed by atoms with Crippen molar-refractivity contribution in [2.75, 3.05) is 18.2 Å². The number of amides is 2. The number of hydrogen-bond acceptors (Lipinski definition) is 6. The SMILES string of the molecule is COc1ccc(C(=O)NCc2nnc(SCC(=O)Nc3ccc(F)cc3)n2-c2cccc(Cl)c2C)cc1. The summed E-state index contributed by atoms with van der Waals surface area (Å²) in [6.45, 7) is 1.96. The lowest BCUT2D eigenvalue weighted by Crippen LogP contribution is -2.24. The highest BCUT2D eigenvalue weighted by Crippen LogP contribution is 2.28. The van der Waals surface area contributed by atoms with Gasteiger partial charge in [0.05, 0.1) is 25.1 Å². The van der Waals surface area contributed by atoms with E-state index in [9.17, 15) is 14.0 Å². The van der Waals surface area contributed by atoms with Gasteiger partial charge in [0.15, 0.2) is 11.0 Å². The number of aromatic nitrogens is 3. The van der Waals surface area contributed by atoms with Gasteiger partial charge in [0.1, 0.15) is 11.6 Å². The lowest BCUT2D eigenvalue weighted by atomic mass is 10.2. The van der Waals surface area contributed by atoms with Gasteiger partial charge in [-0.05, 0) is 73.2 Å². The van der Waals surface area contributed by atoms with Gasteiger partial charge in [0, 0.05) is 16.3 Å². The Morgan fingerprint density at radius 3 is 2.49 bits per heavy atom. The second-order valence-corrected chi connectivity index (χ2v) is 9.22. The van der Waals surface area contributed by atoms with Crippen molar-refractivity contribution in [3.8, 4) is 11.4 Å². The molecule has 11 heteroatoms. The van der Waals surface area contributed by atoms with E-state index in [1.807, 2.05) is 13.0 Å². The Kier molecular flexibility index (Phi) is 8.42. The largest absolute Gasteiger partial charge is 0.497 e. The van der Waals surface area contributed by atoms with E-state index < -0.39 is 0 Å². The summed E-state index contributed by atoms with van der Waals surface area (Å²) < 4.78 is 20.0. The number of anilines is 1. The second kappa shape index (κ2) is 11.9. The number of carbonyl (C=O) groups is 2. The summed E-state index contributed by atoms with van der Waals surface area (Å²) in [4.78, 5) is 25.2. The van der Waals surface area contributed by atoms with E-state index in [4.69, 9.17) is 16.3 Å². The molecule has 0 aliphatic rings. The van der Waals surface area contributed by atoms with E-state index in [0.717, 1.165) is 11.3 Å². The Labute approximate surface area is 222 Å². The first kappa shape index (κ1) is 26.2.